The van der Waals surface area contributed by atoms with Crippen molar-refractivity contribution in [3.05, 3.63) is 35.4 Å². The van der Waals surface area contributed by atoms with Gasteiger partial charge in [-0.25, -0.2) is 8.78 Å². The summed E-state index contributed by atoms with van der Waals surface area (Å²) in [5, 5.41) is 2.53. The molecule has 0 aromatic heterocycles. The first kappa shape index (κ1) is 13.9. The quantitative estimate of drug-likeness (QED) is 0.830. The molecule has 0 atom stereocenters. The van der Waals surface area contributed by atoms with Crippen LogP contribution in [-0.2, 0) is 0 Å². The largest absolute Gasteiger partial charge is 0.351 e. The van der Waals surface area contributed by atoms with Gasteiger partial charge in [0.15, 0.2) is 0 Å². The topological polar surface area (TPSA) is 29.1 Å². The molecular formula is C12H14ClF2NO. The maximum absolute atomic E-state index is 13.3. The number of carbonyl (C=O) groups excluding carboxylic acids is 1. The SMILES string of the molecule is CC(C)(CCl)CNC(=O)c1cc(F)ccc1F. The zero-order valence-corrected chi connectivity index (χ0v) is 10.4. The van der Waals surface area contributed by atoms with Crippen molar-refractivity contribution < 1.29 is 13.6 Å². The number of carbonyl (C=O) groups is 1. The van der Waals surface area contributed by atoms with Crippen LogP contribution in [0.3, 0.4) is 0 Å². The number of rotatable bonds is 4. The molecule has 0 radical (unpaired) electrons. The van der Waals surface area contributed by atoms with E-state index >= 15 is 0 Å². The minimum absolute atomic E-state index is 0.291. The van der Waals surface area contributed by atoms with E-state index in [1.165, 1.54) is 0 Å². The van der Waals surface area contributed by atoms with Crippen LogP contribution in [0.15, 0.2) is 18.2 Å². The van der Waals surface area contributed by atoms with Crippen LogP contribution >= 0.6 is 11.6 Å². The van der Waals surface area contributed by atoms with Gasteiger partial charge in [0.05, 0.1) is 5.56 Å². The molecule has 1 rings (SSSR count). The van der Waals surface area contributed by atoms with Crippen LogP contribution in [-0.4, -0.2) is 18.3 Å². The predicted octanol–water partition coefficient (Wildman–Crippen LogP) is 2.96. The Balaban J connectivity index is 2.74. The number of benzene rings is 1. The van der Waals surface area contributed by atoms with Crippen molar-refractivity contribution in [1.29, 1.82) is 0 Å². The maximum Gasteiger partial charge on any atom is 0.254 e. The standard InChI is InChI=1S/C12H14ClF2NO/c1-12(2,6-13)7-16-11(17)9-5-8(14)3-4-10(9)15/h3-5H,6-7H2,1-2H3,(H,16,17). The Labute approximate surface area is 104 Å². The molecule has 2 nitrogen and oxygen atoms in total. The summed E-state index contributed by atoms with van der Waals surface area (Å²) < 4.78 is 26.1. The van der Waals surface area contributed by atoms with E-state index in [1.54, 1.807) is 0 Å². The molecular weight excluding hydrogens is 248 g/mol. The third-order valence-electron chi connectivity index (χ3n) is 2.26. The number of halogens is 3. The van der Waals surface area contributed by atoms with Gasteiger partial charge in [-0.3, -0.25) is 4.79 Å². The number of amides is 1. The summed E-state index contributed by atoms with van der Waals surface area (Å²) >= 11 is 5.69. The second-order valence-electron chi connectivity index (χ2n) is 4.60. The Morgan fingerprint density at radius 3 is 2.65 bits per heavy atom. The molecule has 0 aliphatic heterocycles. The maximum atomic E-state index is 13.3. The van der Waals surface area contributed by atoms with Crippen molar-refractivity contribution in [2.24, 2.45) is 5.41 Å². The Bertz CT molecular complexity index is 421. The first-order chi connectivity index (χ1) is 7.85. The van der Waals surface area contributed by atoms with Crippen LogP contribution < -0.4 is 5.32 Å². The lowest BCUT2D eigenvalue weighted by atomic mass is 9.96. The van der Waals surface area contributed by atoms with Gasteiger partial charge in [0, 0.05) is 12.4 Å². The first-order valence-corrected chi connectivity index (χ1v) is 5.68. The number of hydrogen-bond acceptors (Lipinski definition) is 1. The van der Waals surface area contributed by atoms with Crippen molar-refractivity contribution in [3.63, 3.8) is 0 Å². The smallest absolute Gasteiger partial charge is 0.254 e. The van der Waals surface area contributed by atoms with Crippen molar-refractivity contribution in [3.8, 4) is 0 Å². The Morgan fingerprint density at radius 2 is 2.06 bits per heavy atom. The van der Waals surface area contributed by atoms with E-state index in [-0.39, 0.29) is 11.0 Å². The fraction of sp³-hybridized carbons (Fsp3) is 0.417. The molecule has 0 unspecified atom stereocenters. The highest BCUT2D eigenvalue weighted by atomic mass is 35.5. The number of hydrogen-bond donors (Lipinski definition) is 1. The second-order valence-corrected chi connectivity index (χ2v) is 4.87. The third-order valence-corrected chi connectivity index (χ3v) is 2.99. The van der Waals surface area contributed by atoms with Crippen LogP contribution in [0.25, 0.3) is 0 Å². The van der Waals surface area contributed by atoms with E-state index in [2.05, 4.69) is 5.32 Å². The predicted molar refractivity (Wildman–Crippen MR) is 63.2 cm³/mol. The van der Waals surface area contributed by atoms with Crippen molar-refractivity contribution in [2.45, 2.75) is 13.8 Å². The van der Waals surface area contributed by atoms with E-state index in [0.717, 1.165) is 18.2 Å². The van der Waals surface area contributed by atoms with E-state index in [1.807, 2.05) is 13.8 Å². The molecule has 1 aromatic carbocycles. The van der Waals surface area contributed by atoms with E-state index < -0.39 is 17.5 Å². The van der Waals surface area contributed by atoms with Crippen molar-refractivity contribution >= 4 is 17.5 Å². The van der Waals surface area contributed by atoms with Crippen LogP contribution in [0.5, 0.6) is 0 Å². The molecule has 1 N–H and O–H groups in total. The van der Waals surface area contributed by atoms with Gasteiger partial charge in [-0.2, -0.15) is 0 Å². The number of nitrogens with one attached hydrogen (secondary N) is 1. The molecule has 0 fully saturated rings. The van der Waals surface area contributed by atoms with Gasteiger partial charge in [-0.1, -0.05) is 13.8 Å². The summed E-state index contributed by atoms with van der Waals surface area (Å²) in [5.41, 5.74) is -0.587. The molecule has 0 saturated carbocycles. The minimum Gasteiger partial charge on any atom is -0.351 e. The molecule has 0 spiro atoms. The number of alkyl halides is 1. The second kappa shape index (κ2) is 5.45. The molecule has 0 saturated heterocycles. The lowest BCUT2D eigenvalue weighted by Crippen LogP contribution is -2.35. The van der Waals surface area contributed by atoms with Gasteiger partial charge in [0.2, 0.25) is 0 Å². The van der Waals surface area contributed by atoms with Crippen molar-refractivity contribution in [2.75, 3.05) is 12.4 Å². The fourth-order valence-electron chi connectivity index (χ4n) is 1.13. The first-order valence-electron chi connectivity index (χ1n) is 5.15. The molecule has 1 amide bonds. The summed E-state index contributed by atoms with van der Waals surface area (Å²) in [6.45, 7) is 4.02. The van der Waals surface area contributed by atoms with E-state index in [4.69, 9.17) is 11.6 Å². The lowest BCUT2D eigenvalue weighted by Gasteiger charge is -2.21. The molecule has 0 aliphatic rings. The summed E-state index contributed by atoms with van der Waals surface area (Å²) in [6, 6.07) is 2.77. The molecule has 17 heavy (non-hydrogen) atoms. The minimum atomic E-state index is -0.743. The lowest BCUT2D eigenvalue weighted by molar-refractivity contribution is 0.0935. The monoisotopic (exact) mass is 261 g/mol. The zero-order chi connectivity index (χ0) is 13.1. The van der Waals surface area contributed by atoms with Crippen LogP contribution in [0.2, 0.25) is 0 Å². The van der Waals surface area contributed by atoms with Crippen molar-refractivity contribution in [1.82, 2.24) is 5.32 Å². The molecule has 5 heteroatoms. The molecule has 0 heterocycles. The molecule has 0 aliphatic carbocycles. The van der Waals surface area contributed by atoms with Gasteiger partial charge in [0.1, 0.15) is 11.6 Å². The van der Waals surface area contributed by atoms with Gasteiger partial charge in [0.25, 0.3) is 5.91 Å². The average molecular weight is 262 g/mol. The Hall–Kier alpha value is -1.16. The fourth-order valence-corrected chi connectivity index (χ4v) is 1.23. The highest BCUT2D eigenvalue weighted by Crippen LogP contribution is 2.16. The van der Waals surface area contributed by atoms with Gasteiger partial charge in [-0.15, -0.1) is 11.6 Å². The Kier molecular flexibility index (Phi) is 4.46. The highest BCUT2D eigenvalue weighted by molar-refractivity contribution is 6.18. The Morgan fingerprint density at radius 1 is 1.41 bits per heavy atom. The molecule has 94 valence electrons. The normalized spacial score (nSPS) is 11.4. The third kappa shape index (κ3) is 3.97. The van der Waals surface area contributed by atoms with E-state index in [9.17, 15) is 13.6 Å². The van der Waals surface area contributed by atoms with Gasteiger partial charge < -0.3 is 5.32 Å². The summed E-state index contributed by atoms with van der Waals surface area (Å²) in [4.78, 5) is 11.6. The van der Waals surface area contributed by atoms with E-state index in [0.29, 0.717) is 12.4 Å². The summed E-state index contributed by atoms with van der Waals surface area (Å²) in [7, 11) is 0. The van der Waals surface area contributed by atoms with Crippen LogP contribution in [0.1, 0.15) is 24.2 Å². The van der Waals surface area contributed by atoms with Gasteiger partial charge >= 0.3 is 0 Å². The summed E-state index contributed by atoms with van der Waals surface area (Å²) in [5.74, 6) is -1.67. The van der Waals surface area contributed by atoms with Crippen LogP contribution in [0, 0.1) is 17.0 Å². The summed E-state index contributed by atoms with van der Waals surface area (Å²) in [6.07, 6.45) is 0. The average Bonchev–Trinajstić information content (AvgIpc) is 2.29. The van der Waals surface area contributed by atoms with Crippen LogP contribution in [0.4, 0.5) is 8.78 Å². The molecule has 0 bridgehead atoms. The highest BCUT2D eigenvalue weighted by Gasteiger charge is 2.19. The van der Waals surface area contributed by atoms with Gasteiger partial charge in [-0.05, 0) is 23.6 Å². The molecule has 1 aromatic rings. The zero-order valence-electron chi connectivity index (χ0n) is 9.69.